The van der Waals surface area contributed by atoms with Gasteiger partial charge >= 0.3 is 5.97 Å². The van der Waals surface area contributed by atoms with Crippen LogP contribution in [0.25, 0.3) is 0 Å². The van der Waals surface area contributed by atoms with Gasteiger partial charge in [-0.05, 0) is 32.1 Å². The summed E-state index contributed by atoms with van der Waals surface area (Å²) in [7, 11) is 0. The first-order chi connectivity index (χ1) is 9.77. The van der Waals surface area contributed by atoms with Gasteiger partial charge in [0.2, 0.25) is 0 Å². The van der Waals surface area contributed by atoms with Crippen molar-refractivity contribution >= 4 is 5.97 Å². The molecule has 0 aromatic carbocycles. The molecule has 0 heterocycles. The largest absolute Gasteiger partial charge is 0.481 e. The fourth-order valence-electron chi connectivity index (χ4n) is 2.35. The summed E-state index contributed by atoms with van der Waals surface area (Å²) in [4.78, 5) is 10.3. The monoisotopic (exact) mass is 346 g/mol. The molecule has 0 amide bonds. The minimum atomic E-state index is -0.664. The number of hydrogen-bond donors (Lipinski definition) is 1. The first-order valence-electron chi connectivity index (χ1n) is 8.64. The summed E-state index contributed by atoms with van der Waals surface area (Å²) in [6.07, 6.45) is 21.2. The SMILES string of the molecule is CCCCCCCCC=CCCCCCCCC(=O)O.[Zn]. The van der Waals surface area contributed by atoms with Crippen LogP contribution in [0.15, 0.2) is 12.2 Å². The van der Waals surface area contributed by atoms with Crippen molar-refractivity contribution < 1.29 is 29.4 Å². The van der Waals surface area contributed by atoms with E-state index >= 15 is 0 Å². The number of carbonyl (C=O) groups is 1. The second-order valence-electron chi connectivity index (χ2n) is 5.73. The molecule has 0 atom stereocenters. The molecule has 0 radical (unpaired) electrons. The van der Waals surface area contributed by atoms with Crippen LogP contribution in [-0.4, -0.2) is 11.1 Å². The van der Waals surface area contributed by atoms with E-state index in [4.69, 9.17) is 5.11 Å². The van der Waals surface area contributed by atoms with Crippen molar-refractivity contribution in [1.29, 1.82) is 0 Å². The van der Waals surface area contributed by atoms with E-state index in [2.05, 4.69) is 19.1 Å². The average Bonchev–Trinajstić information content (AvgIpc) is 2.43. The van der Waals surface area contributed by atoms with Crippen molar-refractivity contribution in [3.63, 3.8) is 0 Å². The molecule has 0 aromatic rings. The first kappa shape index (κ1) is 23.1. The van der Waals surface area contributed by atoms with Gasteiger partial charge < -0.3 is 5.11 Å². The van der Waals surface area contributed by atoms with E-state index in [-0.39, 0.29) is 19.5 Å². The molecule has 0 aliphatic carbocycles. The molecule has 0 saturated heterocycles. The van der Waals surface area contributed by atoms with Crippen LogP contribution >= 0.6 is 0 Å². The smallest absolute Gasteiger partial charge is 0.303 e. The summed E-state index contributed by atoms with van der Waals surface area (Å²) in [5.41, 5.74) is 0. The third kappa shape index (κ3) is 22.3. The number of carboxylic acids is 1. The Morgan fingerprint density at radius 2 is 1.19 bits per heavy atom. The van der Waals surface area contributed by atoms with Gasteiger partial charge in [0.15, 0.2) is 0 Å². The van der Waals surface area contributed by atoms with Crippen molar-refractivity contribution in [2.45, 2.75) is 96.8 Å². The Kier molecular flexibility index (Phi) is 21.8. The fraction of sp³-hybridized carbons (Fsp3) is 0.833. The normalized spacial score (nSPS) is 10.7. The summed E-state index contributed by atoms with van der Waals surface area (Å²) < 4.78 is 0. The summed E-state index contributed by atoms with van der Waals surface area (Å²) in [6.45, 7) is 2.26. The summed E-state index contributed by atoms with van der Waals surface area (Å²) >= 11 is 0. The van der Waals surface area contributed by atoms with Crippen LogP contribution in [0.1, 0.15) is 96.8 Å². The van der Waals surface area contributed by atoms with Gasteiger partial charge in [-0.15, -0.1) is 0 Å². The first-order valence-corrected chi connectivity index (χ1v) is 8.64. The van der Waals surface area contributed by atoms with Crippen molar-refractivity contribution in [2.75, 3.05) is 0 Å². The molecular formula is C18H34O2Zn. The van der Waals surface area contributed by atoms with Gasteiger partial charge in [-0.25, -0.2) is 0 Å². The second kappa shape index (κ2) is 19.8. The van der Waals surface area contributed by atoms with Gasteiger partial charge in [-0.2, -0.15) is 0 Å². The molecule has 0 aromatic heterocycles. The maximum absolute atomic E-state index is 10.3. The number of hydrogen-bond acceptors (Lipinski definition) is 1. The third-order valence-electron chi connectivity index (χ3n) is 3.65. The Morgan fingerprint density at radius 1 is 0.762 bits per heavy atom. The van der Waals surface area contributed by atoms with E-state index in [0.29, 0.717) is 6.42 Å². The molecule has 0 unspecified atom stereocenters. The fourth-order valence-corrected chi connectivity index (χ4v) is 2.35. The van der Waals surface area contributed by atoms with Gasteiger partial charge in [0.1, 0.15) is 0 Å². The Labute approximate surface area is 144 Å². The van der Waals surface area contributed by atoms with Crippen LogP contribution in [-0.2, 0) is 24.3 Å². The van der Waals surface area contributed by atoms with Crippen molar-refractivity contribution in [1.82, 2.24) is 0 Å². The van der Waals surface area contributed by atoms with E-state index in [9.17, 15) is 4.79 Å². The van der Waals surface area contributed by atoms with Crippen molar-refractivity contribution in [2.24, 2.45) is 0 Å². The van der Waals surface area contributed by atoms with Gasteiger partial charge in [-0.1, -0.05) is 70.4 Å². The van der Waals surface area contributed by atoms with E-state index in [1.54, 1.807) is 0 Å². The zero-order chi connectivity index (χ0) is 14.9. The summed E-state index contributed by atoms with van der Waals surface area (Å²) in [5, 5.41) is 8.51. The van der Waals surface area contributed by atoms with Gasteiger partial charge in [0, 0.05) is 25.9 Å². The zero-order valence-corrected chi connectivity index (χ0v) is 17.1. The average molecular weight is 348 g/mol. The molecule has 0 bridgehead atoms. The molecule has 21 heavy (non-hydrogen) atoms. The molecule has 0 rings (SSSR count). The number of allylic oxidation sites excluding steroid dienone is 2. The van der Waals surface area contributed by atoms with E-state index in [0.717, 1.165) is 12.8 Å². The Hall–Kier alpha value is -0.167. The Bertz CT molecular complexity index is 239. The van der Waals surface area contributed by atoms with Gasteiger partial charge in [0.25, 0.3) is 0 Å². The second-order valence-corrected chi connectivity index (χ2v) is 5.73. The summed E-state index contributed by atoms with van der Waals surface area (Å²) in [6, 6.07) is 0. The number of unbranched alkanes of at least 4 members (excludes halogenated alkanes) is 11. The maximum atomic E-state index is 10.3. The minimum absolute atomic E-state index is 0. The predicted molar refractivity (Wildman–Crippen MR) is 87.1 cm³/mol. The molecule has 0 saturated carbocycles. The third-order valence-corrected chi connectivity index (χ3v) is 3.65. The molecule has 0 aliphatic heterocycles. The minimum Gasteiger partial charge on any atom is -0.481 e. The number of aliphatic carboxylic acids is 1. The summed E-state index contributed by atoms with van der Waals surface area (Å²) in [5.74, 6) is -0.664. The van der Waals surface area contributed by atoms with Crippen LogP contribution in [0.3, 0.4) is 0 Å². The van der Waals surface area contributed by atoms with Gasteiger partial charge in [-0.3, -0.25) is 4.79 Å². The number of rotatable bonds is 15. The predicted octanol–water partition coefficient (Wildman–Crippen LogP) is 6.11. The molecule has 2 nitrogen and oxygen atoms in total. The van der Waals surface area contributed by atoms with E-state index in [1.165, 1.54) is 70.6 Å². The Morgan fingerprint density at radius 3 is 1.67 bits per heavy atom. The zero-order valence-electron chi connectivity index (χ0n) is 14.1. The van der Waals surface area contributed by atoms with Crippen LogP contribution in [0.2, 0.25) is 0 Å². The van der Waals surface area contributed by atoms with Crippen LogP contribution in [0, 0.1) is 0 Å². The van der Waals surface area contributed by atoms with Crippen LogP contribution < -0.4 is 0 Å². The molecule has 0 aliphatic rings. The topological polar surface area (TPSA) is 37.3 Å². The van der Waals surface area contributed by atoms with Crippen molar-refractivity contribution in [3.8, 4) is 0 Å². The van der Waals surface area contributed by atoms with Gasteiger partial charge in [0.05, 0.1) is 0 Å². The van der Waals surface area contributed by atoms with Crippen molar-refractivity contribution in [3.05, 3.63) is 12.2 Å². The molecule has 120 valence electrons. The molecular weight excluding hydrogens is 314 g/mol. The van der Waals surface area contributed by atoms with E-state index < -0.39 is 5.97 Å². The number of carboxylic acid groups (broad SMARTS) is 1. The van der Waals surface area contributed by atoms with Crippen LogP contribution in [0.4, 0.5) is 0 Å². The molecule has 0 spiro atoms. The molecule has 0 fully saturated rings. The molecule has 1 N–H and O–H groups in total. The maximum Gasteiger partial charge on any atom is 0.303 e. The van der Waals surface area contributed by atoms with E-state index in [1.807, 2.05) is 0 Å². The Balaban J connectivity index is 0. The molecule has 3 heteroatoms. The quantitative estimate of drug-likeness (QED) is 0.220. The standard InChI is InChI=1S/C18H34O2.Zn/c1-2-3-4-5-6-7-8-9-10-11-12-13-14-15-16-17-18(19)20;/h9-10H,2-8,11-17H2,1H3,(H,19,20);. The van der Waals surface area contributed by atoms with Crippen LogP contribution in [0.5, 0.6) is 0 Å².